The minimum atomic E-state index is -0.249. The van der Waals surface area contributed by atoms with Gasteiger partial charge in [0.15, 0.2) is 0 Å². The summed E-state index contributed by atoms with van der Waals surface area (Å²) in [6.45, 7) is 6.13. The van der Waals surface area contributed by atoms with Crippen LogP contribution in [0.25, 0.3) is 0 Å². The summed E-state index contributed by atoms with van der Waals surface area (Å²) < 4.78 is 19.2. The molecule has 0 fully saturated rings. The maximum absolute atomic E-state index is 13.4. The van der Waals surface area contributed by atoms with Crippen LogP contribution < -0.4 is 10.1 Å². The van der Waals surface area contributed by atoms with Gasteiger partial charge >= 0.3 is 0 Å². The topological polar surface area (TPSA) is 34.1 Å². The molecule has 4 heteroatoms. The van der Waals surface area contributed by atoms with E-state index >= 15 is 0 Å². The van der Waals surface area contributed by atoms with Gasteiger partial charge in [0.2, 0.25) is 0 Å². The number of halogens is 1. The molecule has 2 rings (SSSR count). The lowest BCUT2D eigenvalue weighted by Crippen LogP contribution is -2.19. The second-order valence-corrected chi connectivity index (χ2v) is 5.39. The van der Waals surface area contributed by atoms with Crippen molar-refractivity contribution in [2.45, 2.75) is 27.0 Å². The fraction of sp³-hybridized carbons (Fsp3) is 0.353. The molecule has 0 aliphatic rings. The molecule has 0 saturated heterocycles. The average Bonchev–Trinajstić information content (AvgIpc) is 2.47. The molecule has 0 bridgehead atoms. The van der Waals surface area contributed by atoms with Gasteiger partial charge in [-0.25, -0.2) is 4.39 Å². The fourth-order valence-corrected chi connectivity index (χ4v) is 1.96. The Labute approximate surface area is 125 Å². The zero-order valence-electron chi connectivity index (χ0n) is 12.5. The number of rotatable bonds is 7. The Balaban J connectivity index is 2.00. The van der Waals surface area contributed by atoms with E-state index < -0.39 is 0 Å². The molecule has 0 amide bonds. The van der Waals surface area contributed by atoms with Gasteiger partial charge in [0.25, 0.3) is 0 Å². The maximum atomic E-state index is 13.4. The summed E-state index contributed by atoms with van der Waals surface area (Å²) in [6, 6.07) is 10.3. The van der Waals surface area contributed by atoms with Crippen molar-refractivity contribution in [2.75, 3.05) is 6.54 Å². The van der Waals surface area contributed by atoms with Gasteiger partial charge in [-0.15, -0.1) is 0 Å². The van der Waals surface area contributed by atoms with Crippen molar-refractivity contribution in [2.24, 2.45) is 5.92 Å². The monoisotopic (exact) mass is 288 g/mol. The maximum Gasteiger partial charge on any atom is 0.130 e. The first-order chi connectivity index (χ1) is 10.1. The van der Waals surface area contributed by atoms with E-state index in [4.69, 9.17) is 4.74 Å². The van der Waals surface area contributed by atoms with Crippen LogP contribution in [0, 0.1) is 11.7 Å². The number of nitrogens with zero attached hydrogens (tertiary/aromatic N) is 1. The molecule has 1 aromatic carbocycles. The van der Waals surface area contributed by atoms with E-state index in [2.05, 4.69) is 24.1 Å². The summed E-state index contributed by atoms with van der Waals surface area (Å²) in [7, 11) is 0. The second-order valence-electron chi connectivity index (χ2n) is 5.39. The third-order valence-corrected chi connectivity index (χ3v) is 2.99. The normalized spacial score (nSPS) is 10.9. The van der Waals surface area contributed by atoms with Gasteiger partial charge in [-0.3, -0.25) is 4.98 Å². The Hall–Kier alpha value is -1.94. The Morgan fingerprint density at radius 3 is 2.81 bits per heavy atom. The fourth-order valence-electron chi connectivity index (χ4n) is 1.96. The molecule has 0 aliphatic heterocycles. The van der Waals surface area contributed by atoms with Gasteiger partial charge in [0, 0.05) is 18.3 Å². The summed E-state index contributed by atoms with van der Waals surface area (Å²) in [4.78, 5) is 4.21. The minimum Gasteiger partial charge on any atom is -0.487 e. The number of benzene rings is 1. The molecule has 1 N–H and O–H groups in total. The number of pyridine rings is 1. The molecular weight excluding hydrogens is 267 g/mol. The van der Waals surface area contributed by atoms with E-state index in [1.165, 1.54) is 12.1 Å². The number of hydrogen-bond acceptors (Lipinski definition) is 3. The molecule has 0 saturated carbocycles. The van der Waals surface area contributed by atoms with Crippen molar-refractivity contribution in [3.8, 4) is 5.75 Å². The van der Waals surface area contributed by atoms with E-state index in [0.717, 1.165) is 17.8 Å². The molecule has 112 valence electrons. The summed E-state index contributed by atoms with van der Waals surface area (Å²) in [5.74, 6) is 0.997. The minimum absolute atomic E-state index is 0.249. The zero-order valence-corrected chi connectivity index (χ0v) is 12.5. The van der Waals surface area contributed by atoms with Crippen LogP contribution in [0.4, 0.5) is 4.39 Å². The highest BCUT2D eigenvalue weighted by molar-refractivity contribution is 5.34. The van der Waals surface area contributed by atoms with Crippen molar-refractivity contribution in [3.63, 3.8) is 0 Å². The SMILES string of the molecule is CC(C)CNCc1cc(F)ccc1OCc1ccccn1. The van der Waals surface area contributed by atoms with Crippen LogP contribution in [0.5, 0.6) is 5.75 Å². The summed E-state index contributed by atoms with van der Waals surface area (Å²) in [5.41, 5.74) is 1.68. The molecule has 0 unspecified atom stereocenters. The van der Waals surface area contributed by atoms with E-state index in [9.17, 15) is 4.39 Å². The van der Waals surface area contributed by atoms with E-state index in [1.807, 2.05) is 18.2 Å². The van der Waals surface area contributed by atoms with Crippen molar-refractivity contribution in [1.29, 1.82) is 0 Å². The molecule has 2 aromatic rings. The Morgan fingerprint density at radius 1 is 1.24 bits per heavy atom. The van der Waals surface area contributed by atoms with Crippen LogP contribution in [0.15, 0.2) is 42.6 Å². The molecule has 0 atom stereocenters. The van der Waals surface area contributed by atoms with Crippen molar-refractivity contribution >= 4 is 0 Å². The van der Waals surface area contributed by atoms with Crippen molar-refractivity contribution in [3.05, 3.63) is 59.7 Å². The molecule has 1 heterocycles. The van der Waals surface area contributed by atoms with Crippen LogP contribution in [0.2, 0.25) is 0 Å². The lowest BCUT2D eigenvalue weighted by Gasteiger charge is -2.13. The summed E-state index contributed by atoms with van der Waals surface area (Å²) >= 11 is 0. The van der Waals surface area contributed by atoms with E-state index in [-0.39, 0.29) is 5.82 Å². The lowest BCUT2D eigenvalue weighted by molar-refractivity contribution is 0.296. The Kier molecular flexibility index (Phi) is 5.69. The van der Waals surface area contributed by atoms with E-state index in [0.29, 0.717) is 24.8 Å². The van der Waals surface area contributed by atoms with E-state index in [1.54, 1.807) is 12.3 Å². The van der Waals surface area contributed by atoms with Crippen LogP contribution in [-0.2, 0) is 13.2 Å². The van der Waals surface area contributed by atoms with Crippen LogP contribution in [-0.4, -0.2) is 11.5 Å². The third kappa shape index (κ3) is 5.16. The quantitative estimate of drug-likeness (QED) is 0.846. The predicted molar refractivity (Wildman–Crippen MR) is 81.5 cm³/mol. The van der Waals surface area contributed by atoms with Gasteiger partial charge in [-0.05, 0) is 42.8 Å². The Morgan fingerprint density at radius 2 is 2.10 bits per heavy atom. The lowest BCUT2D eigenvalue weighted by atomic mass is 10.1. The summed E-state index contributed by atoms with van der Waals surface area (Å²) in [5, 5.41) is 3.30. The molecule has 21 heavy (non-hydrogen) atoms. The van der Waals surface area contributed by atoms with Gasteiger partial charge in [0.1, 0.15) is 18.2 Å². The van der Waals surface area contributed by atoms with Gasteiger partial charge in [0.05, 0.1) is 5.69 Å². The van der Waals surface area contributed by atoms with Gasteiger partial charge < -0.3 is 10.1 Å². The predicted octanol–water partition coefficient (Wildman–Crippen LogP) is 3.55. The Bertz CT molecular complexity index is 558. The van der Waals surface area contributed by atoms with Gasteiger partial charge in [-0.2, -0.15) is 0 Å². The van der Waals surface area contributed by atoms with Crippen LogP contribution in [0.1, 0.15) is 25.1 Å². The first-order valence-electron chi connectivity index (χ1n) is 7.17. The number of nitrogens with one attached hydrogen (secondary N) is 1. The average molecular weight is 288 g/mol. The van der Waals surface area contributed by atoms with Crippen molar-refractivity contribution in [1.82, 2.24) is 10.3 Å². The van der Waals surface area contributed by atoms with Crippen LogP contribution in [0.3, 0.4) is 0 Å². The molecule has 1 aromatic heterocycles. The first kappa shape index (κ1) is 15.4. The standard InChI is InChI=1S/C17H21FN2O/c1-13(2)10-19-11-14-9-15(18)6-7-17(14)21-12-16-5-3-4-8-20-16/h3-9,13,19H,10-12H2,1-2H3. The number of aromatic nitrogens is 1. The summed E-state index contributed by atoms with van der Waals surface area (Å²) in [6.07, 6.45) is 1.73. The molecule has 3 nitrogen and oxygen atoms in total. The highest BCUT2D eigenvalue weighted by Crippen LogP contribution is 2.20. The third-order valence-electron chi connectivity index (χ3n) is 2.99. The second kappa shape index (κ2) is 7.74. The molecular formula is C17H21FN2O. The van der Waals surface area contributed by atoms with Gasteiger partial charge in [-0.1, -0.05) is 19.9 Å². The molecule has 0 aliphatic carbocycles. The first-order valence-corrected chi connectivity index (χ1v) is 7.17. The molecule has 0 spiro atoms. The molecule has 0 radical (unpaired) electrons. The van der Waals surface area contributed by atoms with Crippen LogP contribution >= 0.6 is 0 Å². The smallest absolute Gasteiger partial charge is 0.130 e. The highest BCUT2D eigenvalue weighted by Gasteiger charge is 2.06. The highest BCUT2D eigenvalue weighted by atomic mass is 19.1. The zero-order chi connectivity index (χ0) is 15.1. The number of hydrogen-bond donors (Lipinski definition) is 1. The largest absolute Gasteiger partial charge is 0.487 e. The number of ether oxygens (including phenoxy) is 1. The van der Waals surface area contributed by atoms with Crippen molar-refractivity contribution < 1.29 is 9.13 Å².